The van der Waals surface area contributed by atoms with E-state index in [0.717, 1.165) is 11.1 Å². The maximum atomic E-state index is 11.1. The van der Waals surface area contributed by atoms with Crippen LogP contribution in [-0.4, -0.2) is 13.1 Å². The van der Waals surface area contributed by atoms with E-state index < -0.39 is 0 Å². The number of methoxy groups -OCH3 is 1. The highest BCUT2D eigenvalue weighted by Gasteiger charge is 2.08. The number of hydrogen-bond donors (Lipinski definition) is 0. The normalized spacial score (nSPS) is 8.24. The predicted molar refractivity (Wildman–Crippen MR) is 75.0 cm³/mol. The molecule has 0 amide bonds. The lowest BCUT2D eigenvalue weighted by atomic mass is 10.1. The average molecular weight is 259 g/mol. The van der Waals surface area contributed by atoms with Gasteiger partial charge >= 0.3 is 5.97 Å². The van der Waals surface area contributed by atoms with E-state index in [2.05, 4.69) is 4.74 Å². The molecule has 0 spiro atoms. The van der Waals surface area contributed by atoms with Crippen molar-refractivity contribution in [3.05, 3.63) is 33.8 Å². The fourth-order valence-electron chi connectivity index (χ4n) is 1.05. The van der Waals surface area contributed by atoms with Crippen LogP contribution in [-0.2, 0) is 4.74 Å². The van der Waals surface area contributed by atoms with Gasteiger partial charge in [-0.1, -0.05) is 39.3 Å². The van der Waals surface area contributed by atoms with Crippen molar-refractivity contribution in [2.24, 2.45) is 0 Å². The molecule has 0 aliphatic rings. The smallest absolute Gasteiger partial charge is 0.337 e. The van der Waals surface area contributed by atoms with Gasteiger partial charge in [-0.3, -0.25) is 0 Å². The molecular weight excluding hydrogens is 236 g/mol. The Hall–Kier alpha value is -1.02. The Morgan fingerprint density at radius 1 is 1.12 bits per heavy atom. The molecule has 2 nitrogen and oxygen atoms in total. The van der Waals surface area contributed by atoms with Crippen LogP contribution >= 0.6 is 11.6 Å². The number of halogens is 1. The second-order valence-corrected chi connectivity index (χ2v) is 3.30. The number of carbonyl (C=O) groups is 1. The second-order valence-electron chi connectivity index (χ2n) is 2.89. The van der Waals surface area contributed by atoms with E-state index in [1.165, 1.54) is 7.11 Å². The summed E-state index contributed by atoms with van der Waals surface area (Å²) in [4.78, 5) is 11.1. The summed E-state index contributed by atoms with van der Waals surface area (Å²) in [6, 6.07) is 3.39. The zero-order valence-corrected chi connectivity index (χ0v) is 12.6. The first-order valence-electron chi connectivity index (χ1n) is 5.91. The number of rotatable bonds is 1. The van der Waals surface area contributed by atoms with Crippen molar-refractivity contribution in [2.75, 3.05) is 7.11 Å². The summed E-state index contributed by atoms with van der Waals surface area (Å²) < 4.78 is 4.59. The van der Waals surface area contributed by atoms with Gasteiger partial charge in [0.15, 0.2) is 0 Å². The van der Waals surface area contributed by atoms with Gasteiger partial charge in [-0.25, -0.2) is 4.79 Å². The zero-order valence-electron chi connectivity index (χ0n) is 11.8. The summed E-state index contributed by atoms with van der Waals surface area (Å²) >= 11 is 5.91. The summed E-state index contributed by atoms with van der Waals surface area (Å²) in [5, 5.41) is 0.598. The van der Waals surface area contributed by atoms with Gasteiger partial charge in [-0.15, -0.1) is 0 Å². The standard InChI is InChI=1S/C10H11ClO2.2C2H6/c1-6-4-8(10(12)13-3)5-9(11)7(6)2;2*1-2/h4-5H,1-3H3;2*1-2H3. The first-order chi connectivity index (χ1) is 8.06. The van der Waals surface area contributed by atoms with E-state index in [1.54, 1.807) is 12.1 Å². The largest absolute Gasteiger partial charge is 0.465 e. The molecule has 3 heteroatoms. The van der Waals surface area contributed by atoms with E-state index >= 15 is 0 Å². The number of benzene rings is 1. The molecule has 0 bridgehead atoms. The maximum Gasteiger partial charge on any atom is 0.337 e. The van der Waals surface area contributed by atoms with Crippen molar-refractivity contribution in [3.63, 3.8) is 0 Å². The molecule has 1 rings (SSSR count). The van der Waals surface area contributed by atoms with Crippen molar-refractivity contribution in [2.45, 2.75) is 41.5 Å². The number of ether oxygens (including phenoxy) is 1. The third-order valence-corrected chi connectivity index (χ3v) is 2.42. The number of esters is 1. The van der Waals surface area contributed by atoms with Crippen LogP contribution in [0.25, 0.3) is 0 Å². The second kappa shape index (κ2) is 10.2. The molecule has 1 aromatic rings. The highest BCUT2D eigenvalue weighted by Crippen LogP contribution is 2.21. The minimum absolute atomic E-state index is 0.356. The van der Waals surface area contributed by atoms with E-state index in [1.807, 2.05) is 41.5 Å². The van der Waals surface area contributed by atoms with Crippen LogP contribution in [0.3, 0.4) is 0 Å². The SMILES string of the molecule is CC.CC.COC(=O)c1cc(C)c(C)c(Cl)c1. The third-order valence-electron chi connectivity index (χ3n) is 2.03. The van der Waals surface area contributed by atoms with Gasteiger partial charge in [-0.05, 0) is 37.1 Å². The first kappa shape index (κ1) is 18.3. The molecular formula is C14H23ClO2. The Morgan fingerprint density at radius 3 is 1.94 bits per heavy atom. The fraction of sp³-hybridized carbons (Fsp3) is 0.500. The van der Waals surface area contributed by atoms with E-state index in [4.69, 9.17) is 11.6 Å². The summed E-state index contributed by atoms with van der Waals surface area (Å²) in [5.74, 6) is -0.356. The van der Waals surface area contributed by atoms with Gasteiger partial charge in [0.25, 0.3) is 0 Å². The number of aryl methyl sites for hydroxylation is 1. The zero-order chi connectivity index (χ0) is 14.0. The minimum atomic E-state index is -0.356. The molecule has 0 saturated carbocycles. The Morgan fingerprint density at radius 2 is 1.59 bits per heavy atom. The molecule has 0 N–H and O–H groups in total. The van der Waals surface area contributed by atoms with Gasteiger partial charge in [0.05, 0.1) is 12.7 Å². The highest BCUT2D eigenvalue weighted by atomic mass is 35.5. The van der Waals surface area contributed by atoms with Gasteiger partial charge in [0.2, 0.25) is 0 Å². The first-order valence-corrected chi connectivity index (χ1v) is 6.29. The maximum absolute atomic E-state index is 11.1. The molecule has 17 heavy (non-hydrogen) atoms. The predicted octanol–water partition coefficient (Wildman–Crippen LogP) is 4.80. The van der Waals surface area contributed by atoms with Crippen molar-refractivity contribution < 1.29 is 9.53 Å². The highest BCUT2D eigenvalue weighted by molar-refractivity contribution is 6.31. The topological polar surface area (TPSA) is 26.3 Å². The molecule has 0 aromatic heterocycles. The van der Waals surface area contributed by atoms with Crippen LogP contribution in [0.2, 0.25) is 5.02 Å². The Balaban J connectivity index is 0. The molecule has 0 fully saturated rings. The number of hydrogen-bond acceptors (Lipinski definition) is 2. The van der Waals surface area contributed by atoms with Crippen LogP contribution in [0, 0.1) is 13.8 Å². The molecule has 98 valence electrons. The quantitative estimate of drug-likeness (QED) is 0.677. The Labute approximate surface area is 110 Å². The minimum Gasteiger partial charge on any atom is -0.465 e. The molecule has 0 aliphatic carbocycles. The molecule has 0 unspecified atom stereocenters. The lowest BCUT2D eigenvalue weighted by Gasteiger charge is -2.05. The Kier molecular flexibility index (Phi) is 11.0. The molecule has 1 aromatic carbocycles. The fourth-order valence-corrected chi connectivity index (χ4v) is 1.32. The van der Waals surface area contributed by atoms with Crippen LogP contribution in [0.4, 0.5) is 0 Å². The molecule has 0 atom stereocenters. The monoisotopic (exact) mass is 258 g/mol. The molecule has 0 radical (unpaired) electrons. The summed E-state index contributed by atoms with van der Waals surface area (Å²) in [6.07, 6.45) is 0. The van der Waals surface area contributed by atoms with Crippen molar-refractivity contribution in [1.29, 1.82) is 0 Å². The van der Waals surface area contributed by atoms with Gasteiger partial charge in [0, 0.05) is 5.02 Å². The lowest BCUT2D eigenvalue weighted by Crippen LogP contribution is -2.02. The van der Waals surface area contributed by atoms with Gasteiger partial charge < -0.3 is 4.74 Å². The third kappa shape index (κ3) is 5.73. The van der Waals surface area contributed by atoms with Crippen molar-refractivity contribution in [3.8, 4) is 0 Å². The lowest BCUT2D eigenvalue weighted by molar-refractivity contribution is 0.0600. The van der Waals surface area contributed by atoms with Crippen molar-refractivity contribution in [1.82, 2.24) is 0 Å². The Bertz CT molecular complexity index is 323. The van der Waals surface area contributed by atoms with Crippen LogP contribution < -0.4 is 0 Å². The van der Waals surface area contributed by atoms with E-state index in [-0.39, 0.29) is 5.97 Å². The van der Waals surface area contributed by atoms with E-state index in [0.29, 0.717) is 10.6 Å². The van der Waals surface area contributed by atoms with Crippen LogP contribution in [0.15, 0.2) is 12.1 Å². The van der Waals surface area contributed by atoms with Crippen LogP contribution in [0.5, 0.6) is 0 Å². The van der Waals surface area contributed by atoms with E-state index in [9.17, 15) is 4.79 Å². The average Bonchev–Trinajstić information content (AvgIpc) is 2.39. The number of carbonyl (C=O) groups excluding carboxylic acids is 1. The summed E-state index contributed by atoms with van der Waals surface area (Å²) in [7, 11) is 1.35. The summed E-state index contributed by atoms with van der Waals surface area (Å²) in [6.45, 7) is 11.8. The molecule has 0 heterocycles. The summed E-state index contributed by atoms with van der Waals surface area (Å²) in [5.41, 5.74) is 2.48. The molecule has 0 saturated heterocycles. The van der Waals surface area contributed by atoms with Crippen LogP contribution in [0.1, 0.15) is 49.2 Å². The van der Waals surface area contributed by atoms with Gasteiger partial charge in [0.1, 0.15) is 0 Å². The molecule has 0 aliphatic heterocycles. The van der Waals surface area contributed by atoms with Crippen molar-refractivity contribution >= 4 is 17.6 Å². The van der Waals surface area contributed by atoms with Gasteiger partial charge in [-0.2, -0.15) is 0 Å².